The first-order valence-electron chi connectivity index (χ1n) is 3.38. The Morgan fingerprint density at radius 1 is 1.64 bits per heavy atom. The molecule has 0 saturated carbocycles. The summed E-state index contributed by atoms with van der Waals surface area (Å²) in [7, 11) is 0. The number of aromatic amines is 1. The van der Waals surface area contributed by atoms with Gasteiger partial charge in [-0.15, -0.1) is 0 Å². The summed E-state index contributed by atoms with van der Waals surface area (Å²) in [6.07, 6.45) is 1.56. The smallest absolute Gasteiger partial charge is 0.248 e. The summed E-state index contributed by atoms with van der Waals surface area (Å²) in [6, 6.07) is 2.97. The van der Waals surface area contributed by atoms with Gasteiger partial charge in [0.1, 0.15) is 0 Å². The van der Waals surface area contributed by atoms with Crippen LogP contribution in [-0.2, 0) is 0 Å². The Bertz CT molecular complexity index is 281. The second kappa shape index (κ2) is 3.32. The molecular formula is C7H11N3O. The third kappa shape index (κ3) is 1.89. The molecule has 0 radical (unpaired) electrons. The molecule has 0 aromatic carbocycles. The molecule has 11 heavy (non-hydrogen) atoms. The minimum absolute atomic E-state index is 0.147. The van der Waals surface area contributed by atoms with E-state index < -0.39 is 0 Å². The molecule has 1 aromatic heterocycles. The molecule has 4 nitrogen and oxygen atoms in total. The van der Waals surface area contributed by atoms with E-state index in [9.17, 15) is 4.79 Å². The Kier molecular flexibility index (Phi) is 2.40. The van der Waals surface area contributed by atoms with Crippen LogP contribution in [0, 0.1) is 0 Å². The molecule has 0 aliphatic rings. The van der Waals surface area contributed by atoms with Crippen LogP contribution in [0.3, 0.4) is 0 Å². The van der Waals surface area contributed by atoms with Crippen molar-refractivity contribution in [2.45, 2.75) is 6.04 Å². The van der Waals surface area contributed by atoms with E-state index in [0.29, 0.717) is 6.54 Å². The van der Waals surface area contributed by atoms with Gasteiger partial charge in [-0.2, -0.15) is 0 Å². The lowest BCUT2D eigenvalue weighted by Gasteiger charge is -2.06. The van der Waals surface area contributed by atoms with Crippen molar-refractivity contribution in [3.63, 3.8) is 0 Å². The second-order valence-corrected chi connectivity index (χ2v) is 2.33. The predicted octanol–water partition coefficient (Wildman–Crippen LogP) is -0.667. The van der Waals surface area contributed by atoms with E-state index in [0.717, 1.165) is 5.56 Å². The first-order valence-corrected chi connectivity index (χ1v) is 3.38. The second-order valence-electron chi connectivity index (χ2n) is 2.33. The van der Waals surface area contributed by atoms with Crippen molar-refractivity contribution in [2.75, 3.05) is 6.54 Å². The van der Waals surface area contributed by atoms with Gasteiger partial charge in [0.2, 0.25) is 5.56 Å². The van der Waals surface area contributed by atoms with Crippen LogP contribution in [-0.4, -0.2) is 11.5 Å². The van der Waals surface area contributed by atoms with E-state index in [1.165, 1.54) is 6.07 Å². The molecule has 1 heterocycles. The van der Waals surface area contributed by atoms with Crippen molar-refractivity contribution >= 4 is 0 Å². The SMILES string of the molecule is NCC(N)c1cc[nH]c(=O)c1. The molecule has 60 valence electrons. The van der Waals surface area contributed by atoms with Crippen molar-refractivity contribution in [3.05, 3.63) is 34.2 Å². The number of rotatable bonds is 2. The standard InChI is InChI=1S/C7H11N3O/c8-4-6(9)5-1-2-10-7(11)3-5/h1-3,6H,4,8-9H2,(H,10,11). The van der Waals surface area contributed by atoms with E-state index in [-0.39, 0.29) is 11.6 Å². The number of nitrogens with one attached hydrogen (secondary N) is 1. The van der Waals surface area contributed by atoms with E-state index in [1.807, 2.05) is 0 Å². The number of hydrogen-bond acceptors (Lipinski definition) is 3. The highest BCUT2D eigenvalue weighted by molar-refractivity contribution is 5.14. The summed E-state index contributed by atoms with van der Waals surface area (Å²) < 4.78 is 0. The maximum atomic E-state index is 10.8. The molecule has 0 bridgehead atoms. The van der Waals surface area contributed by atoms with E-state index in [4.69, 9.17) is 11.5 Å². The van der Waals surface area contributed by atoms with Crippen LogP contribution in [0.5, 0.6) is 0 Å². The van der Waals surface area contributed by atoms with Gasteiger partial charge in [0, 0.05) is 24.8 Å². The van der Waals surface area contributed by atoms with E-state index >= 15 is 0 Å². The Hall–Kier alpha value is -1.13. The van der Waals surface area contributed by atoms with Gasteiger partial charge in [-0.1, -0.05) is 0 Å². The fourth-order valence-corrected chi connectivity index (χ4v) is 0.828. The molecule has 0 spiro atoms. The average Bonchev–Trinajstić information content (AvgIpc) is 2.03. The molecule has 1 atom stereocenters. The van der Waals surface area contributed by atoms with Gasteiger partial charge in [-0.25, -0.2) is 0 Å². The summed E-state index contributed by atoms with van der Waals surface area (Å²) in [5.74, 6) is 0. The molecule has 1 aromatic rings. The molecule has 0 aliphatic heterocycles. The maximum absolute atomic E-state index is 10.8. The summed E-state index contributed by atoms with van der Waals surface area (Å²) in [5, 5.41) is 0. The highest BCUT2D eigenvalue weighted by Crippen LogP contribution is 2.02. The topological polar surface area (TPSA) is 84.9 Å². The molecule has 1 rings (SSSR count). The summed E-state index contributed by atoms with van der Waals surface area (Å²) >= 11 is 0. The fraction of sp³-hybridized carbons (Fsp3) is 0.286. The molecule has 4 heteroatoms. The van der Waals surface area contributed by atoms with Crippen LogP contribution in [0.1, 0.15) is 11.6 Å². The van der Waals surface area contributed by atoms with E-state index in [1.54, 1.807) is 12.3 Å². The number of aromatic nitrogens is 1. The summed E-state index contributed by atoms with van der Waals surface area (Å²) in [5.41, 5.74) is 11.5. The lowest BCUT2D eigenvalue weighted by molar-refractivity contribution is 0.734. The monoisotopic (exact) mass is 153 g/mol. The highest BCUT2D eigenvalue weighted by atomic mass is 16.1. The zero-order valence-electron chi connectivity index (χ0n) is 6.08. The molecule has 0 saturated heterocycles. The Morgan fingerprint density at radius 2 is 2.36 bits per heavy atom. The average molecular weight is 153 g/mol. The van der Waals surface area contributed by atoms with Gasteiger partial charge in [0.05, 0.1) is 0 Å². The lowest BCUT2D eigenvalue weighted by Crippen LogP contribution is -2.22. The van der Waals surface area contributed by atoms with Gasteiger partial charge in [-0.3, -0.25) is 4.79 Å². The molecule has 0 amide bonds. The van der Waals surface area contributed by atoms with Gasteiger partial charge in [-0.05, 0) is 11.6 Å². The quantitative estimate of drug-likeness (QED) is 0.527. The van der Waals surface area contributed by atoms with Gasteiger partial charge >= 0.3 is 0 Å². The summed E-state index contributed by atoms with van der Waals surface area (Å²) in [6.45, 7) is 0.351. The van der Waals surface area contributed by atoms with Gasteiger partial charge in [0.25, 0.3) is 0 Å². The summed E-state index contributed by atoms with van der Waals surface area (Å²) in [4.78, 5) is 13.3. The lowest BCUT2D eigenvalue weighted by atomic mass is 10.1. The van der Waals surface area contributed by atoms with Crippen LogP contribution < -0.4 is 17.0 Å². The van der Waals surface area contributed by atoms with Crippen molar-refractivity contribution in [1.29, 1.82) is 0 Å². The third-order valence-corrected chi connectivity index (χ3v) is 1.48. The number of H-pyrrole nitrogens is 1. The molecule has 0 aliphatic carbocycles. The minimum Gasteiger partial charge on any atom is -0.329 e. The van der Waals surface area contributed by atoms with Crippen LogP contribution >= 0.6 is 0 Å². The van der Waals surface area contributed by atoms with Crippen LogP contribution in [0.25, 0.3) is 0 Å². The molecule has 1 unspecified atom stereocenters. The normalized spacial score (nSPS) is 12.9. The Labute approximate surface area is 64.2 Å². The first kappa shape index (κ1) is 7.97. The Morgan fingerprint density at radius 3 is 2.91 bits per heavy atom. The largest absolute Gasteiger partial charge is 0.329 e. The minimum atomic E-state index is -0.239. The van der Waals surface area contributed by atoms with Crippen LogP contribution in [0.15, 0.2) is 23.1 Å². The molecular weight excluding hydrogens is 142 g/mol. The number of hydrogen-bond donors (Lipinski definition) is 3. The highest BCUT2D eigenvalue weighted by Gasteiger charge is 2.01. The molecule has 0 fully saturated rings. The maximum Gasteiger partial charge on any atom is 0.248 e. The van der Waals surface area contributed by atoms with Gasteiger partial charge < -0.3 is 16.5 Å². The van der Waals surface area contributed by atoms with Crippen molar-refractivity contribution in [1.82, 2.24) is 4.98 Å². The predicted molar refractivity (Wildman–Crippen MR) is 43.0 cm³/mol. The fourth-order valence-electron chi connectivity index (χ4n) is 0.828. The van der Waals surface area contributed by atoms with Crippen molar-refractivity contribution in [2.24, 2.45) is 11.5 Å². The Balaban J connectivity index is 2.96. The number of pyridine rings is 1. The van der Waals surface area contributed by atoms with Gasteiger partial charge in [0.15, 0.2) is 0 Å². The first-order chi connectivity index (χ1) is 5.24. The zero-order chi connectivity index (χ0) is 8.27. The molecule has 5 N–H and O–H groups in total. The van der Waals surface area contributed by atoms with Crippen LogP contribution in [0.2, 0.25) is 0 Å². The zero-order valence-corrected chi connectivity index (χ0v) is 6.08. The number of nitrogens with two attached hydrogens (primary N) is 2. The van der Waals surface area contributed by atoms with Crippen molar-refractivity contribution < 1.29 is 0 Å². The third-order valence-electron chi connectivity index (χ3n) is 1.48. The van der Waals surface area contributed by atoms with Crippen LogP contribution in [0.4, 0.5) is 0 Å². The van der Waals surface area contributed by atoms with E-state index in [2.05, 4.69) is 4.98 Å². The van der Waals surface area contributed by atoms with Crippen molar-refractivity contribution in [3.8, 4) is 0 Å².